The summed E-state index contributed by atoms with van der Waals surface area (Å²) in [7, 11) is 1.21. The highest BCUT2D eigenvalue weighted by Gasteiger charge is 2.36. The number of hydrogen-bond acceptors (Lipinski definition) is 1. The van der Waals surface area contributed by atoms with Gasteiger partial charge in [0.05, 0.1) is 6.20 Å². The molecule has 1 N–H and O–H groups in total. The third-order valence-electron chi connectivity index (χ3n) is 1.47. The minimum atomic E-state index is -4.42. The van der Waals surface area contributed by atoms with Crippen molar-refractivity contribution in [1.29, 1.82) is 0 Å². The standard InChI is InChI=1S/C6H7F3N3/c1-12-5(6(7,8)9)4(2-10)3-11-12/h3,10H,2H2,1H3. The van der Waals surface area contributed by atoms with E-state index in [9.17, 15) is 13.2 Å². The molecule has 0 unspecified atom stereocenters. The first-order valence-electron chi connectivity index (χ1n) is 3.19. The van der Waals surface area contributed by atoms with E-state index in [2.05, 4.69) is 5.10 Å². The van der Waals surface area contributed by atoms with E-state index >= 15 is 0 Å². The molecule has 67 valence electrons. The molecule has 1 heterocycles. The number of aromatic nitrogens is 2. The molecule has 0 fully saturated rings. The molecule has 1 radical (unpaired) electrons. The van der Waals surface area contributed by atoms with Crippen LogP contribution in [0.3, 0.4) is 0 Å². The lowest BCUT2D eigenvalue weighted by Gasteiger charge is -2.07. The van der Waals surface area contributed by atoms with Crippen molar-refractivity contribution in [2.45, 2.75) is 12.7 Å². The van der Waals surface area contributed by atoms with E-state index in [0.717, 1.165) is 10.9 Å². The van der Waals surface area contributed by atoms with Crippen LogP contribution in [0.2, 0.25) is 0 Å². The summed E-state index contributed by atoms with van der Waals surface area (Å²) in [6.07, 6.45) is -3.35. The Morgan fingerprint density at radius 1 is 1.58 bits per heavy atom. The smallest absolute Gasteiger partial charge is 0.263 e. The molecule has 0 atom stereocenters. The van der Waals surface area contributed by atoms with Gasteiger partial charge in [-0.2, -0.15) is 18.3 Å². The highest BCUT2D eigenvalue weighted by atomic mass is 19.4. The Morgan fingerprint density at radius 2 is 2.17 bits per heavy atom. The molecular formula is C6H7F3N3. The zero-order valence-electron chi connectivity index (χ0n) is 6.31. The summed E-state index contributed by atoms with van der Waals surface area (Å²) >= 11 is 0. The normalized spacial score (nSPS) is 12.1. The first-order chi connectivity index (χ1) is 5.46. The molecule has 0 saturated heterocycles. The summed E-state index contributed by atoms with van der Waals surface area (Å²) in [6.45, 7) is -0.400. The molecule has 0 aliphatic heterocycles. The maximum Gasteiger partial charge on any atom is 0.433 e. The summed E-state index contributed by atoms with van der Waals surface area (Å²) in [4.78, 5) is 0. The lowest BCUT2D eigenvalue weighted by molar-refractivity contribution is -0.144. The highest BCUT2D eigenvalue weighted by molar-refractivity contribution is 5.19. The molecular weight excluding hydrogens is 171 g/mol. The lowest BCUT2D eigenvalue weighted by Crippen LogP contribution is -2.14. The van der Waals surface area contributed by atoms with Crippen LogP contribution in [0.25, 0.3) is 0 Å². The number of alkyl halides is 3. The first-order valence-corrected chi connectivity index (χ1v) is 3.19. The number of halogens is 3. The molecule has 1 aromatic rings. The van der Waals surface area contributed by atoms with Gasteiger partial charge in [-0.25, -0.2) is 0 Å². The van der Waals surface area contributed by atoms with E-state index in [1.807, 2.05) is 0 Å². The van der Waals surface area contributed by atoms with Gasteiger partial charge in [0, 0.05) is 19.2 Å². The van der Waals surface area contributed by atoms with E-state index in [1.165, 1.54) is 7.05 Å². The number of hydrogen-bond donors (Lipinski definition) is 0. The van der Waals surface area contributed by atoms with Crippen molar-refractivity contribution in [2.75, 3.05) is 0 Å². The van der Waals surface area contributed by atoms with E-state index in [1.54, 1.807) is 0 Å². The van der Waals surface area contributed by atoms with Crippen molar-refractivity contribution in [1.82, 2.24) is 15.5 Å². The average molecular weight is 178 g/mol. The van der Waals surface area contributed by atoms with Crippen molar-refractivity contribution in [3.63, 3.8) is 0 Å². The molecule has 3 nitrogen and oxygen atoms in total. The molecule has 1 rings (SSSR count). The van der Waals surface area contributed by atoms with Crippen LogP contribution in [0.15, 0.2) is 6.20 Å². The third-order valence-corrected chi connectivity index (χ3v) is 1.47. The second-order valence-corrected chi connectivity index (χ2v) is 2.32. The van der Waals surface area contributed by atoms with Gasteiger partial charge in [-0.05, 0) is 0 Å². The zero-order valence-corrected chi connectivity index (χ0v) is 6.31. The van der Waals surface area contributed by atoms with Gasteiger partial charge in [0.25, 0.3) is 0 Å². The van der Waals surface area contributed by atoms with Crippen LogP contribution in [0, 0.1) is 0 Å². The second-order valence-electron chi connectivity index (χ2n) is 2.32. The summed E-state index contributed by atoms with van der Waals surface area (Å²) in [5.41, 5.74) is 5.90. The van der Waals surface area contributed by atoms with E-state index in [4.69, 9.17) is 5.73 Å². The van der Waals surface area contributed by atoms with Crippen LogP contribution >= 0.6 is 0 Å². The van der Waals surface area contributed by atoms with Crippen molar-refractivity contribution >= 4 is 0 Å². The van der Waals surface area contributed by atoms with Crippen LogP contribution in [-0.4, -0.2) is 9.78 Å². The Hall–Kier alpha value is -1.04. The maximum atomic E-state index is 12.2. The predicted octanol–water partition coefficient (Wildman–Crippen LogP) is 1.22. The Morgan fingerprint density at radius 3 is 2.50 bits per heavy atom. The van der Waals surface area contributed by atoms with E-state index in [0.29, 0.717) is 0 Å². The number of aryl methyl sites for hydroxylation is 1. The van der Waals surface area contributed by atoms with Gasteiger partial charge in [0.2, 0.25) is 0 Å². The molecule has 0 aromatic carbocycles. The fourth-order valence-corrected chi connectivity index (χ4v) is 0.978. The van der Waals surface area contributed by atoms with Crippen molar-refractivity contribution < 1.29 is 13.2 Å². The maximum absolute atomic E-state index is 12.2. The minimum Gasteiger partial charge on any atom is -0.263 e. The van der Waals surface area contributed by atoms with Crippen LogP contribution in [0.4, 0.5) is 13.2 Å². The Kier molecular flexibility index (Phi) is 2.10. The van der Waals surface area contributed by atoms with Gasteiger partial charge in [-0.3, -0.25) is 10.4 Å². The van der Waals surface area contributed by atoms with Crippen LogP contribution in [-0.2, 0) is 19.8 Å². The monoisotopic (exact) mass is 178 g/mol. The second kappa shape index (κ2) is 2.78. The number of nitrogens with one attached hydrogen (secondary N) is 1. The summed E-state index contributed by atoms with van der Waals surface area (Å²) < 4.78 is 37.3. The Balaban J connectivity index is 3.19. The fourth-order valence-electron chi connectivity index (χ4n) is 0.978. The van der Waals surface area contributed by atoms with Crippen LogP contribution < -0.4 is 5.73 Å². The fraction of sp³-hybridized carbons (Fsp3) is 0.500. The highest BCUT2D eigenvalue weighted by Crippen LogP contribution is 2.31. The molecule has 0 spiro atoms. The molecule has 6 heteroatoms. The van der Waals surface area contributed by atoms with Gasteiger partial charge >= 0.3 is 6.18 Å². The SMILES string of the molecule is Cn1ncc(C[NH])c1C(F)(F)F. The zero-order chi connectivity index (χ0) is 9.35. The van der Waals surface area contributed by atoms with Crippen molar-refractivity contribution in [3.05, 3.63) is 17.5 Å². The third kappa shape index (κ3) is 1.42. The van der Waals surface area contributed by atoms with Crippen molar-refractivity contribution in [3.8, 4) is 0 Å². The van der Waals surface area contributed by atoms with Crippen LogP contribution in [0.5, 0.6) is 0 Å². The molecule has 12 heavy (non-hydrogen) atoms. The lowest BCUT2D eigenvalue weighted by atomic mass is 10.2. The molecule has 0 amide bonds. The molecule has 0 aliphatic carbocycles. The first kappa shape index (κ1) is 9.05. The van der Waals surface area contributed by atoms with Gasteiger partial charge in [-0.15, -0.1) is 0 Å². The van der Waals surface area contributed by atoms with Crippen molar-refractivity contribution in [2.24, 2.45) is 7.05 Å². The number of nitrogens with zero attached hydrogens (tertiary/aromatic N) is 2. The number of rotatable bonds is 1. The molecule has 0 bridgehead atoms. The Bertz CT molecular complexity index is 276. The average Bonchev–Trinajstić information content (AvgIpc) is 2.29. The summed E-state index contributed by atoms with van der Waals surface area (Å²) in [6, 6.07) is 0. The van der Waals surface area contributed by atoms with Gasteiger partial charge in [-0.1, -0.05) is 0 Å². The summed E-state index contributed by atoms with van der Waals surface area (Å²) in [5.74, 6) is 0. The minimum absolute atomic E-state index is 0.0926. The molecule has 1 aromatic heterocycles. The summed E-state index contributed by atoms with van der Waals surface area (Å²) in [5, 5.41) is 3.43. The predicted molar refractivity (Wildman–Crippen MR) is 35.0 cm³/mol. The van der Waals surface area contributed by atoms with E-state index < -0.39 is 18.4 Å². The van der Waals surface area contributed by atoms with Crippen LogP contribution in [0.1, 0.15) is 11.3 Å². The quantitative estimate of drug-likeness (QED) is 0.637. The van der Waals surface area contributed by atoms with Gasteiger partial charge in [0.1, 0.15) is 5.69 Å². The Labute approximate surface area is 67.0 Å². The molecule has 0 aliphatic rings. The topological polar surface area (TPSA) is 41.6 Å². The molecule has 0 saturated carbocycles. The largest absolute Gasteiger partial charge is 0.433 e. The van der Waals surface area contributed by atoms with E-state index in [-0.39, 0.29) is 5.56 Å². The van der Waals surface area contributed by atoms with Gasteiger partial charge in [0.15, 0.2) is 0 Å². The van der Waals surface area contributed by atoms with Gasteiger partial charge < -0.3 is 0 Å².